The molecular formula is C48H30. The highest BCUT2D eigenvalue weighted by atomic mass is 14.2. The second-order valence-electron chi connectivity index (χ2n) is 12.8. The summed E-state index contributed by atoms with van der Waals surface area (Å²) in [6, 6.07) is 67.1. The first-order valence-electron chi connectivity index (χ1n) is 16.7. The van der Waals surface area contributed by atoms with Crippen LogP contribution in [0.3, 0.4) is 0 Å². The van der Waals surface area contributed by atoms with Crippen molar-refractivity contribution in [1.82, 2.24) is 0 Å². The second kappa shape index (κ2) is 10.7. The van der Waals surface area contributed by atoms with Crippen molar-refractivity contribution in [2.75, 3.05) is 0 Å². The Kier molecular flexibility index (Phi) is 5.98. The molecule has 0 atom stereocenters. The highest BCUT2D eigenvalue weighted by Crippen LogP contribution is 2.45. The first-order valence-corrected chi connectivity index (χ1v) is 16.7. The van der Waals surface area contributed by atoms with Gasteiger partial charge in [0.1, 0.15) is 0 Å². The third-order valence-corrected chi connectivity index (χ3v) is 10.2. The zero-order chi connectivity index (χ0) is 31.6. The number of hydrogen-bond acceptors (Lipinski definition) is 0. The Morgan fingerprint density at radius 1 is 0.188 bits per heavy atom. The monoisotopic (exact) mass is 606 g/mol. The zero-order valence-electron chi connectivity index (χ0n) is 26.3. The van der Waals surface area contributed by atoms with E-state index < -0.39 is 0 Å². The van der Waals surface area contributed by atoms with Gasteiger partial charge in [-0.2, -0.15) is 0 Å². The average molecular weight is 607 g/mol. The summed E-state index contributed by atoms with van der Waals surface area (Å²) in [5.74, 6) is 0. The summed E-state index contributed by atoms with van der Waals surface area (Å²) in [6.45, 7) is 0. The molecule has 10 aromatic rings. The van der Waals surface area contributed by atoms with Crippen LogP contribution in [0, 0.1) is 0 Å². The van der Waals surface area contributed by atoms with Crippen LogP contribution in [0.15, 0.2) is 182 Å². The Bertz CT molecular complexity index is 2780. The molecule has 10 rings (SSSR count). The van der Waals surface area contributed by atoms with E-state index in [4.69, 9.17) is 0 Å². The van der Waals surface area contributed by atoms with Crippen LogP contribution in [0.4, 0.5) is 0 Å². The fraction of sp³-hybridized carbons (Fsp3) is 0. The average Bonchev–Trinajstić information content (AvgIpc) is 3.17. The van der Waals surface area contributed by atoms with Crippen molar-refractivity contribution in [2.45, 2.75) is 0 Å². The Morgan fingerprint density at radius 2 is 0.562 bits per heavy atom. The minimum Gasteiger partial charge on any atom is -0.0616 e. The largest absolute Gasteiger partial charge is 0.0616 e. The predicted molar refractivity (Wildman–Crippen MR) is 208 cm³/mol. The van der Waals surface area contributed by atoms with Crippen LogP contribution >= 0.6 is 0 Å². The molecular weight excluding hydrogens is 577 g/mol. The summed E-state index contributed by atoms with van der Waals surface area (Å²) in [5.41, 5.74) is 7.51. The summed E-state index contributed by atoms with van der Waals surface area (Å²) >= 11 is 0. The van der Waals surface area contributed by atoms with Crippen LogP contribution in [0.5, 0.6) is 0 Å². The smallest absolute Gasteiger partial charge is 0.00261 e. The van der Waals surface area contributed by atoms with Crippen molar-refractivity contribution in [2.24, 2.45) is 0 Å². The normalized spacial score (nSPS) is 11.8. The lowest BCUT2D eigenvalue weighted by Crippen LogP contribution is -1.91. The fourth-order valence-electron chi connectivity index (χ4n) is 8.01. The topological polar surface area (TPSA) is 0 Å². The first-order chi connectivity index (χ1) is 23.8. The summed E-state index contributed by atoms with van der Waals surface area (Å²) < 4.78 is 0. The minimum atomic E-state index is 1.23. The number of rotatable bonds is 3. The maximum absolute atomic E-state index is 2.43. The molecule has 48 heavy (non-hydrogen) atoms. The van der Waals surface area contributed by atoms with E-state index in [0.717, 1.165) is 0 Å². The van der Waals surface area contributed by atoms with E-state index in [2.05, 4.69) is 182 Å². The number of fused-ring (bicyclic) bond motifs is 9. The van der Waals surface area contributed by atoms with Gasteiger partial charge >= 0.3 is 0 Å². The SMILES string of the molecule is c1ccc2cc(-c3ccc(-c4c5ccccc5c(-c5ccc6c7ccccc7c7ccccc7c6c5)c5ccccc45)cc3)ccc2c1. The molecule has 0 unspecified atom stereocenters. The maximum atomic E-state index is 2.43. The molecule has 0 heterocycles. The van der Waals surface area contributed by atoms with Crippen molar-refractivity contribution in [3.63, 3.8) is 0 Å². The molecule has 0 saturated heterocycles. The molecule has 0 aliphatic carbocycles. The number of benzene rings is 10. The van der Waals surface area contributed by atoms with Gasteiger partial charge in [-0.25, -0.2) is 0 Å². The van der Waals surface area contributed by atoms with Crippen LogP contribution in [-0.2, 0) is 0 Å². The van der Waals surface area contributed by atoms with Gasteiger partial charge in [-0.3, -0.25) is 0 Å². The summed E-state index contributed by atoms with van der Waals surface area (Å²) in [4.78, 5) is 0. The van der Waals surface area contributed by atoms with Gasteiger partial charge in [0, 0.05) is 0 Å². The zero-order valence-corrected chi connectivity index (χ0v) is 26.3. The van der Waals surface area contributed by atoms with Gasteiger partial charge in [-0.15, -0.1) is 0 Å². The van der Waals surface area contributed by atoms with Gasteiger partial charge in [0.15, 0.2) is 0 Å². The van der Waals surface area contributed by atoms with Crippen LogP contribution in [0.25, 0.3) is 98.0 Å². The van der Waals surface area contributed by atoms with Crippen LogP contribution in [0.2, 0.25) is 0 Å². The molecule has 10 aromatic carbocycles. The van der Waals surface area contributed by atoms with E-state index >= 15 is 0 Å². The van der Waals surface area contributed by atoms with Crippen molar-refractivity contribution in [1.29, 1.82) is 0 Å². The standard InChI is InChI=1S/C48H30/c1-2-12-34-29-35(26-23-31(34)11-1)32-21-24-33(25-22-32)47-42-17-7-9-19-44(42)48(45-20-10-8-18-43(45)47)36-27-28-41-39-15-4-3-13-37(39)38-14-5-6-16-40(38)46(41)30-36/h1-30H. The molecule has 0 aliphatic heterocycles. The van der Waals surface area contributed by atoms with Crippen molar-refractivity contribution in [3.8, 4) is 33.4 Å². The molecule has 0 heteroatoms. The lowest BCUT2D eigenvalue weighted by molar-refractivity contribution is 1.63. The minimum absolute atomic E-state index is 1.23. The van der Waals surface area contributed by atoms with E-state index in [9.17, 15) is 0 Å². The predicted octanol–water partition coefficient (Wildman–Crippen LogP) is 13.6. The van der Waals surface area contributed by atoms with E-state index in [-0.39, 0.29) is 0 Å². The van der Waals surface area contributed by atoms with E-state index in [0.29, 0.717) is 0 Å². The summed E-state index contributed by atoms with van der Waals surface area (Å²) in [7, 11) is 0. The van der Waals surface area contributed by atoms with E-state index in [1.807, 2.05) is 0 Å². The van der Waals surface area contributed by atoms with E-state index in [1.54, 1.807) is 0 Å². The van der Waals surface area contributed by atoms with Gasteiger partial charge in [-0.1, -0.05) is 170 Å². The molecule has 0 radical (unpaired) electrons. The molecule has 0 bridgehead atoms. The molecule has 0 fully saturated rings. The summed E-state index contributed by atoms with van der Waals surface area (Å²) in [6.07, 6.45) is 0. The number of hydrogen-bond donors (Lipinski definition) is 0. The molecule has 0 amide bonds. The molecule has 0 spiro atoms. The Balaban J connectivity index is 1.20. The molecule has 0 saturated carbocycles. The van der Waals surface area contributed by atoms with Crippen molar-refractivity contribution >= 4 is 64.6 Å². The summed E-state index contributed by atoms with van der Waals surface area (Å²) in [5, 5.41) is 15.4. The maximum Gasteiger partial charge on any atom is -0.00261 e. The van der Waals surface area contributed by atoms with Crippen LogP contribution in [-0.4, -0.2) is 0 Å². The lowest BCUT2D eigenvalue weighted by atomic mass is 9.84. The third-order valence-electron chi connectivity index (χ3n) is 10.2. The molecule has 222 valence electrons. The molecule has 0 aliphatic rings. The third kappa shape index (κ3) is 4.10. The highest BCUT2D eigenvalue weighted by molar-refractivity contribution is 6.27. The quantitative estimate of drug-likeness (QED) is 0.139. The first kappa shape index (κ1) is 26.9. The van der Waals surface area contributed by atoms with Crippen LogP contribution in [0.1, 0.15) is 0 Å². The van der Waals surface area contributed by atoms with Gasteiger partial charge in [0.2, 0.25) is 0 Å². The van der Waals surface area contributed by atoms with Crippen molar-refractivity contribution < 1.29 is 0 Å². The molecule has 0 nitrogen and oxygen atoms in total. The molecule has 0 N–H and O–H groups in total. The fourth-order valence-corrected chi connectivity index (χ4v) is 8.01. The Labute approximate surface area is 279 Å². The van der Waals surface area contributed by atoms with Gasteiger partial charge in [0.05, 0.1) is 0 Å². The van der Waals surface area contributed by atoms with E-state index in [1.165, 1.54) is 98.0 Å². The molecule has 0 aromatic heterocycles. The second-order valence-corrected chi connectivity index (χ2v) is 12.8. The lowest BCUT2D eigenvalue weighted by Gasteiger charge is -2.19. The van der Waals surface area contributed by atoms with Crippen molar-refractivity contribution in [3.05, 3.63) is 182 Å². The van der Waals surface area contributed by atoms with Gasteiger partial charge in [-0.05, 0) is 110 Å². The Morgan fingerprint density at radius 3 is 1.12 bits per heavy atom. The van der Waals surface area contributed by atoms with Gasteiger partial charge in [0.25, 0.3) is 0 Å². The van der Waals surface area contributed by atoms with Gasteiger partial charge < -0.3 is 0 Å². The highest BCUT2D eigenvalue weighted by Gasteiger charge is 2.18. The van der Waals surface area contributed by atoms with Crippen LogP contribution < -0.4 is 0 Å². The Hall–Kier alpha value is -6.24.